The smallest absolute Gasteiger partial charge is 0.348 e. The van der Waals surface area contributed by atoms with Gasteiger partial charge in [0.05, 0.1) is 18.9 Å². The van der Waals surface area contributed by atoms with E-state index in [-0.39, 0.29) is 30.5 Å². The van der Waals surface area contributed by atoms with Crippen molar-refractivity contribution in [2.24, 2.45) is 0 Å². The number of thioether (sulfide) groups is 1. The summed E-state index contributed by atoms with van der Waals surface area (Å²) in [5, 5.41) is 12.7. The summed E-state index contributed by atoms with van der Waals surface area (Å²) in [5.41, 5.74) is 3.57. The highest BCUT2D eigenvalue weighted by molar-refractivity contribution is 8.00. The predicted octanol–water partition coefficient (Wildman–Crippen LogP) is 2.15. The maximum atomic E-state index is 12.3. The van der Waals surface area contributed by atoms with E-state index >= 15 is 0 Å². The lowest BCUT2D eigenvalue weighted by Gasteiger charge is -2.22. The fourth-order valence-electron chi connectivity index (χ4n) is 3.17. The molecule has 0 saturated heterocycles. The first-order valence-electron chi connectivity index (χ1n) is 8.81. The number of nitrogens with one attached hydrogen (secondary N) is 1. The van der Waals surface area contributed by atoms with Gasteiger partial charge >= 0.3 is 5.69 Å². The molecule has 7 heteroatoms. The fourth-order valence-corrected chi connectivity index (χ4v) is 4.04. The van der Waals surface area contributed by atoms with Gasteiger partial charge in [0, 0.05) is 16.9 Å². The first-order valence-corrected chi connectivity index (χ1v) is 9.80. The third-order valence-electron chi connectivity index (χ3n) is 4.45. The van der Waals surface area contributed by atoms with Crippen LogP contribution in [-0.4, -0.2) is 32.9 Å². The van der Waals surface area contributed by atoms with Crippen molar-refractivity contribution in [2.75, 3.05) is 17.7 Å². The van der Waals surface area contributed by atoms with Crippen molar-refractivity contribution < 1.29 is 9.90 Å². The minimum atomic E-state index is -0.346. The van der Waals surface area contributed by atoms with Gasteiger partial charge in [0.2, 0.25) is 5.91 Å². The number of aryl methyl sites for hydroxylation is 1. The lowest BCUT2D eigenvalue weighted by molar-refractivity contribution is -0.113. The van der Waals surface area contributed by atoms with Crippen molar-refractivity contribution in [3.63, 3.8) is 0 Å². The van der Waals surface area contributed by atoms with Crippen LogP contribution in [0.5, 0.6) is 0 Å². The summed E-state index contributed by atoms with van der Waals surface area (Å²) in [5.74, 6) is 0.0845. The van der Waals surface area contributed by atoms with Gasteiger partial charge in [0.1, 0.15) is 5.03 Å². The maximum absolute atomic E-state index is 12.3. The van der Waals surface area contributed by atoms with Crippen LogP contribution in [0.15, 0.2) is 34.1 Å². The molecule has 3 rings (SSSR count). The summed E-state index contributed by atoms with van der Waals surface area (Å²) >= 11 is 1.31. The summed E-state index contributed by atoms with van der Waals surface area (Å²) in [6.07, 6.45) is 3.75. The normalized spacial score (nSPS) is 13.3. The zero-order valence-corrected chi connectivity index (χ0v) is 15.6. The second kappa shape index (κ2) is 8.51. The van der Waals surface area contributed by atoms with Crippen LogP contribution in [0.4, 0.5) is 5.69 Å². The number of aliphatic hydroxyl groups is 1. The third kappa shape index (κ3) is 4.34. The molecule has 6 nitrogen and oxygen atoms in total. The van der Waals surface area contributed by atoms with Crippen molar-refractivity contribution >= 4 is 23.4 Å². The van der Waals surface area contributed by atoms with Crippen molar-refractivity contribution in [3.05, 3.63) is 51.6 Å². The summed E-state index contributed by atoms with van der Waals surface area (Å²) in [7, 11) is 0. The standard InChI is InChI=1S/C19H23N3O3S/c1-13-6-8-14(9-7-13)20-17(24)12-26-18-15-4-2-3-5-16(15)22(10-11-23)19(25)21-18/h6-9,23H,2-5,10-12H2,1H3,(H,20,24). The molecule has 0 unspecified atom stereocenters. The fraction of sp³-hybridized carbons (Fsp3) is 0.421. The van der Waals surface area contributed by atoms with Crippen LogP contribution >= 0.6 is 11.8 Å². The third-order valence-corrected chi connectivity index (χ3v) is 5.47. The van der Waals surface area contributed by atoms with Crippen LogP contribution in [-0.2, 0) is 24.2 Å². The Morgan fingerprint density at radius 3 is 2.73 bits per heavy atom. The van der Waals surface area contributed by atoms with Gasteiger partial charge in [-0.2, -0.15) is 4.98 Å². The van der Waals surface area contributed by atoms with E-state index in [4.69, 9.17) is 0 Å². The number of carbonyl (C=O) groups excluding carboxylic acids is 1. The number of aromatic nitrogens is 2. The Kier molecular flexibility index (Phi) is 6.11. The van der Waals surface area contributed by atoms with E-state index < -0.39 is 0 Å². The van der Waals surface area contributed by atoms with Crippen molar-refractivity contribution in [1.29, 1.82) is 0 Å². The minimum absolute atomic E-state index is 0.0839. The monoisotopic (exact) mass is 373 g/mol. The molecule has 26 heavy (non-hydrogen) atoms. The SMILES string of the molecule is Cc1ccc(NC(=O)CSc2nc(=O)n(CCO)c3c2CCCC3)cc1. The molecule has 0 bridgehead atoms. The van der Waals surface area contributed by atoms with Crippen LogP contribution in [0.3, 0.4) is 0 Å². The molecule has 1 aliphatic carbocycles. The van der Waals surface area contributed by atoms with Gasteiger partial charge in [-0.3, -0.25) is 9.36 Å². The first kappa shape index (κ1) is 18.7. The van der Waals surface area contributed by atoms with Gasteiger partial charge in [-0.05, 0) is 44.7 Å². The summed E-state index contributed by atoms with van der Waals surface area (Å²) in [6, 6.07) is 7.63. The number of rotatable bonds is 6. The van der Waals surface area contributed by atoms with E-state index in [1.165, 1.54) is 11.8 Å². The van der Waals surface area contributed by atoms with Gasteiger partial charge in [0.25, 0.3) is 0 Å². The Morgan fingerprint density at radius 1 is 1.27 bits per heavy atom. The number of hydrogen-bond donors (Lipinski definition) is 2. The number of nitrogens with zero attached hydrogens (tertiary/aromatic N) is 2. The van der Waals surface area contributed by atoms with Crippen LogP contribution < -0.4 is 11.0 Å². The summed E-state index contributed by atoms with van der Waals surface area (Å²) in [4.78, 5) is 28.7. The molecule has 0 spiro atoms. The Hall–Kier alpha value is -2.12. The summed E-state index contributed by atoms with van der Waals surface area (Å²) in [6.45, 7) is 2.18. The molecule has 0 fully saturated rings. The molecule has 0 aliphatic heterocycles. The average Bonchev–Trinajstić information content (AvgIpc) is 2.64. The Morgan fingerprint density at radius 2 is 2.00 bits per heavy atom. The number of carbonyl (C=O) groups is 1. The van der Waals surface area contributed by atoms with Gasteiger partial charge in [-0.1, -0.05) is 29.5 Å². The summed E-state index contributed by atoms with van der Waals surface area (Å²) < 4.78 is 1.57. The molecule has 2 N–H and O–H groups in total. The molecule has 1 aromatic carbocycles. The Labute approximate surface area is 156 Å². The molecule has 1 amide bonds. The van der Waals surface area contributed by atoms with E-state index in [1.807, 2.05) is 31.2 Å². The topological polar surface area (TPSA) is 84.2 Å². The average molecular weight is 373 g/mol. The van der Waals surface area contributed by atoms with Crippen LogP contribution in [0, 0.1) is 6.92 Å². The highest BCUT2D eigenvalue weighted by Gasteiger charge is 2.20. The molecule has 2 aromatic rings. The largest absolute Gasteiger partial charge is 0.395 e. The lowest BCUT2D eigenvalue weighted by atomic mass is 9.97. The molecule has 0 atom stereocenters. The van der Waals surface area contributed by atoms with Crippen molar-refractivity contribution in [1.82, 2.24) is 9.55 Å². The van der Waals surface area contributed by atoms with E-state index in [2.05, 4.69) is 10.3 Å². The van der Waals surface area contributed by atoms with Gasteiger partial charge in [-0.15, -0.1) is 0 Å². The van der Waals surface area contributed by atoms with Gasteiger partial charge < -0.3 is 10.4 Å². The quantitative estimate of drug-likeness (QED) is 0.599. The Bertz CT molecular complexity index is 846. The molecular weight excluding hydrogens is 350 g/mol. The zero-order chi connectivity index (χ0) is 18.5. The second-order valence-corrected chi connectivity index (χ2v) is 7.37. The highest BCUT2D eigenvalue weighted by Crippen LogP contribution is 2.28. The second-order valence-electron chi connectivity index (χ2n) is 6.41. The molecule has 1 aliphatic rings. The number of hydrogen-bond acceptors (Lipinski definition) is 5. The van der Waals surface area contributed by atoms with Crippen LogP contribution in [0.1, 0.15) is 29.7 Å². The van der Waals surface area contributed by atoms with Gasteiger partial charge in [-0.25, -0.2) is 4.79 Å². The minimum Gasteiger partial charge on any atom is -0.395 e. The molecule has 1 heterocycles. The van der Waals surface area contributed by atoms with E-state index in [0.717, 1.165) is 48.2 Å². The zero-order valence-electron chi connectivity index (χ0n) is 14.8. The molecule has 0 radical (unpaired) electrons. The maximum Gasteiger partial charge on any atom is 0.348 e. The van der Waals surface area contributed by atoms with Crippen LogP contribution in [0.2, 0.25) is 0 Å². The molecule has 0 saturated carbocycles. The molecular formula is C19H23N3O3S. The van der Waals surface area contributed by atoms with Crippen LogP contribution in [0.25, 0.3) is 0 Å². The first-order chi connectivity index (χ1) is 12.6. The number of fused-ring (bicyclic) bond motifs is 1. The highest BCUT2D eigenvalue weighted by atomic mass is 32.2. The van der Waals surface area contributed by atoms with E-state index in [9.17, 15) is 14.7 Å². The molecule has 138 valence electrons. The van der Waals surface area contributed by atoms with E-state index in [0.29, 0.717) is 5.03 Å². The van der Waals surface area contributed by atoms with Crippen molar-refractivity contribution in [3.8, 4) is 0 Å². The molecule has 1 aromatic heterocycles. The van der Waals surface area contributed by atoms with Crippen molar-refractivity contribution in [2.45, 2.75) is 44.2 Å². The number of anilines is 1. The van der Waals surface area contributed by atoms with E-state index in [1.54, 1.807) is 4.57 Å². The Balaban J connectivity index is 1.73. The van der Waals surface area contributed by atoms with Gasteiger partial charge in [0.15, 0.2) is 0 Å². The predicted molar refractivity (Wildman–Crippen MR) is 103 cm³/mol. The number of benzene rings is 1. The lowest BCUT2D eigenvalue weighted by Crippen LogP contribution is -2.31. The number of amides is 1. The number of aliphatic hydroxyl groups excluding tert-OH is 1.